The lowest BCUT2D eigenvalue weighted by Gasteiger charge is -2.13. The van der Waals surface area contributed by atoms with Crippen molar-refractivity contribution in [3.8, 4) is 0 Å². The molecule has 0 spiro atoms. The summed E-state index contributed by atoms with van der Waals surface area (Å²) in [5.41, 5.74) is 0.673. The Hall–Kier alpha value is -1.60. The standard InChI is InChI=1S/C14H14BrFN2O2S/c1-2-17-13-5-3-4-6-14(13)21(19,20)18-10-7-8-11(15)12(16)9-10/h3-9,17-18H,2H2,1H3. The largest absolute Gasteiger partial charge is 0.384 e. The maximum atomic E-state index is 13.5. The maximum Gasteiger partial charge on any atom is 0.263 e. The summed E-state index contributed by atoms with van der Waals surface area (Å²) in [7, 11) is -3.79. The fourth-order valence-electron chi connectivity index (χ4n) is 1.81. The predicted octanol–water partition coefficient (Wildman–Crippen LogP) is 3.82. The number of anilines is 2. The van der Waals surface area contributed by atoms with Crippen molar-refractivity contribution in [2.45, 2.75) is 11.8 Å². The normalized spacial score (nSPS) is 11.2. The zero-order valence-corrected chi connectivity index (χ0v) is 13.6. The SMILES string of the molecule is CCNc1ccccc1S(=O)(=O)Nc1ccc(Br)c(F)c1. The molecule has 0 saturated heterocycles. The van der Waals surface area contributed by atoms with Gasteiger partial charge in [0.05, 0.1) is 15.8 Å². The van der Waals surface area contributed by atoms with E-state index in [-0.39, 0.29) is 15.1 Å². The molecule has 0 fully saturated rings. The van der Waals surface area contributed by atoms with Gasteiger partial charge in [0.15, 0.2) is 0 Å². The number of para-hydroxylation sites is 1. The molecule has 0 aliphatic carbocycles. The predicted molar refractivity (Wildman–Crippen MR) is 85.5 cm³/mol. The van der Waals surface area contributed by atoms with E-state index in [4.69, 9.17) is 0 Å². The molecule has 0 aliphatic heterocycles. The van der Waals surface area contributed by atoms with E-state index in [9.17, 15) is 12.8 Å². The van der Waals surface area contributed by atoms with Crippen LogP contribution in [-0.2, 0) is 10.0 Å². The minimum absolute atomic E-state index is 0.121. The van der Waals surface area contributed by atoms with E-state index in [0.29, 0.717) is 12.2 Å². The summed E-state index contributed by atoms with van der Waals surface area (Å²) in [5, 5.41) is 2.99. The van der Waals surface area contributed by atoms with Gasteiger partial charge < -0.3 is 5.32 Å². The first kappa shape index (κ1) is 15.8. The van der Waals surface area contributed by atoms with E-state index in [2.05, 4.69) is 26.0 Å². The van der Waals surface area contributed by atoms with Crippen LogP contribution in [0.5, 0.6) is 0 Å². The molecule has 7 heteroatoms. The lowest BCUT2D eigenvalue weighted by Crippen LogP contribution is -2.15. The van der Waals surface area contributed by atoms with Gasteiger partial charge in [-0.2, -0.15) is 0 Å². The molecule has 2 aromatic rings. The van der Waals surface area contributed by atoms with E-state index in [1.165, 1.54) is 18.2 Å². The second kappa shape index (κ2) is 6.44. The molecule has 4 nitrogen and oxygen atoms in total. The average molecular weight is 373 g/mol. The summed E-state index contributed by atoms with van der Waals surface area (Å²) in [6.07, 6.45) is 0. The summed E-state index contributed by atoms with van der Waals surface area (Å²) in [6, 6.07) is 10.6. The van der Waals surface area contributed by atoms with Gasteiger partial charge in [-0.25, -0.2) is 12.8 Å². The quantitative estimate of drug-likeness (QED) is 0.838. The lowest BCUT2D eigenvalue weighted by molar-refractivity contribution is 0.601. The number of hydrogen-bond donors (Lipinski definition) is 2. The average Bonchev–Trinajstić information content (AvgIpc) is 2.43. The van der Waals surface area contributed by atoms with Gasteiger partial charge in [-0.15, -0.1) is 0 Å². The molecule has 21 heavy (non-hydrogen) atoms. The molecule has 0 aliphatic rings. The number of halogens is 2. The van der Waals surface area contributed by atoms with Crippen LogP contribution >= 0.6 is 15.9 Å². The molecule has 0 amide bonds. The highest BCUT2D eigenvalue weighted by Crippen LogP contribution is 2.25. The first-order chi connectivity index (χ1) is 9.94. The third-order valence-corrected chi connectivity index (χ3v) is 4.80. The van der Waals surface area contributed by atoms with Crippen LogP contribution in [0.25, 0.3) is 0 Å². The van der Waals surface area contributed by atoms with E-state index in [0.717, 1.165) is 6.07 Å². The fraction of sp³-hybridized carbons (Fsp3) is 0.143. The summed E-state index contributed by atoms with van der Waals surface area (Å²) in [4.78, 5) is 0.121. The van der Waals surface area contributed by atoms with Crippen LogP contribution in [-0.4, -0.2) is 15.0 Å². The summed E-state index contributed by atoms with van der Waals surface area (Å²) in [5.74, 6) is -0.532. The Morgan fingerprint density at radius 2 is 1.90 bits per heavy atom. The van der Waals surface area contributed by atoms with Crippen LogP contribution in [0.2, 0.25) is 0 Å². The highest BCUT2D eigenvalue weighted by molar-refractivity contribution is 9.10. The molecule has 0 atom stereocenters. The van der Waals surface area contributed by atoms with E-state index in [1.54, 1.807) is 18.2 Å². The minimum Gasteiger partial charge on any atom is -0.384 e. The molecule has 0 heterocycles. The molecular formula is C14H14BrFN2O2S. The van der Waals surface area contributed by atoms with Gasteiger partial charge in [0.2, 0.25) is 0 Å². The minimum atomic E-state index is -3.79. The fourth-order valence-corrected chi connectivity index (χ4v) is 3.29. The molecule has 2 N–H and O–H groups in total. The van der Waals surface area contributed by atoms with Crippen LogP contribution in [0.1, 0.15) is 6.92 Å². The molecule has 112 valence electrons. The Bertz CT molecular complexity index is 750. The van der Waals surface area contributed by atoms with Gasteiger partial charge in [-0.1, -0.05) is 12.1 Å². The highest BCUT2D eigenvalue weighted by atomic mass is 79.9. The van der Waals surface area contributed by atoms with Crippen LogP contribution in [0.4, 0.5) is 15.8 Å². The van der Waals surface area contributed by atoms with Crippen molar-refractivity contribution in [2.24, 2.45) is 0 Å². The van der Waals surface area contributed by atoms with Crippen LogP contribution < -0.4 is 10.0 Å². The third-order valence-electron chi connectivity index (χ3n) is 2.72. The number of nitrogens with one attached hydrogen (secondary N) is 2. The molecule has 2 aromatic carbocycles. The Balaban J connectivity index is 2.36. The molecule has 0 radical (unpaired) electrons. The Labute approximate surface area is 131 Å². The molecular weight excluding hydrogens is 359 g/mol. The molecule has 0 unspecified atom stereocenters. The summed E-state index contributed by atoms with van der Waals surface area (Å²) >= 11 is 3.02. The highest BCUT2D eigenvalue weighted by Gasteiger charge is 2.18. The monoisotopic (exact) mass is 372 g/mol. The van der Waals surface area contributed by atoms with Crippen molar-refractivity contribution in [3.63, 3.8) is 0 Å². The van der Waals surface area contributed by atoms with Crippen molar-refractivity contribution in [2.75, 3.05) is 16.6 Å². The number of rotatable bonds is 5. The molecule has 0 aromatic heterocycles. The van der Waals surface area contributed by atoms with E-state index >= 15 is 0 Å². The third kappa shape index (κ3) is 3.74. The second-order valence-electron chi connectivity index (χ2n) is 4.26. The van der Waals surface area contributed by atoms with Crippen molar-refractivity contribution in [1.29, 1.82) is 0 Å². The number of hydrogen-bond acceptors (Lipinski definition) is 3. The van der Waals surface area contributed by atoms with Crippen LogP contribution in [0, 0.1) is 5.82 Å². The Kier molecular flexibility index (Phi) is 4.84. The Morgan fingerprint density at radius 3 is 2.57 bits per heavy atom. The first-order valence-electron chi connectivity index (χ1n) is 6.25. The van der Waals surface area contributed by atoms with Gasteiger partial charge in [0.25, 0.3) is 10.0 Å². The smallest absolute Gasteiger partial charge is 0.263 e. The van der Waals surface area contributed by atoms with Gasteiger partial charge in [0, 0.05) is 6.54 Å². The van der Waals surface area contributed by atoms with Crippen LogP contribution in [0.3, 0.4) is 0 Å². The lowest BCUT2D eigenvalue weighted by atomic mass is 10.3. The topological polar surface area (TPSA) is 58.2 Å². The molecule has 0 bridgehead atoms. The van der Waals surface area contributed by atoms with Crippen molar-refractivity contribution >= 4 is 37.3 Å². The zero-order valence-electron chi connectivity index (χ0n) is 11.2. The van der Waals surface area contributed by atoms with Crippen molar-refractivity contribution < 1.29 is 12.8 Å². The van der Waals surface area contributed by atoms with Crippen LogP contribution in [0.15, 0.2) is 51.8 Å². The van der Waals surface area contributed by atoms with E-state index in [1.807, 2.05) is 6.92 Å². The zero-order chi connectivity index (χ0) is 15.5. The molecule has 0 saturated carbocycles. The summed E-state index contributed by atoms with van der Waals surface area (Å²) in [6.45, 7) is 2.47. The van der Waals surface area contributed by atoms with Gasteiger partial charge in [-0.05, 0) is 53.2 Å². The Morgan fingerprint density at radius 1 is 1.19 bits per heavy atom. The number of benzene rings is 2. The molecule has 2 rings (SSSR count). The first-order valence-corrected chi connectivity index (χ1v) is 8.52. The van der Waals surface area contributed by atoms with Gasteiger partial charge in [-0.3, -0.25) is 4.72 Å². The number of sulfonamides is 1. The maximum absolute atomic E-state index is 13.5. The van der Waals surface area contributed by atoms with Crippen molar-refractivity contribution in [1.82, 2.24) is 0 Å². The second-order valence-corrected chi connectivity index (χ2v) is 6.77. The van der Waals surface area contributed by atoms with Gasteiger partial charge >= 0.3 is 0 Å². The van der Waals surface area contributed by atoms with Crippen molar-refractivity contribution in [3.05, 3.63) is 52.8 Å². The van der Waals surface area contributed by atoms with E-state index < -0.39 is 15.8 Å². The van der Waals surface area contributed by atoms with Gasteiger partial charge in [0.1, 0.15) is 10.7 Å². The summed E-state index contributed by atoms with van der Waals surface area (Å²) < 4.78 is 40.9.